The van der Waals surface area contributed by atoms with Gasteiger partial charge in [0.2, 0.25) is 0 Å². The molecule has 0 fully saturated rings. The molecule has 6 heterocycles. The summed E-state index contributed by atoms with van der Waals surface area (Å²) in [7, 11) is 2.00. The van der Waals surface area contributed by atoms with Gasteiger partial charge in [0, 0.05) is 134 Å². The average molecular weight is 1680 g/mol. The minimum absolute atomic E-state index is 0. The molecule has 16 aromatic rings. The molecule has 10 aromatic carbocycles. The minimum Gasteiger partial charge on any atom is -0.500 e. The molecule has 0 saturated heterocycles. The number of rotatable bonds is 6. The van der Waals surface area contributed by atoms with Crippen LogP contribution in [0.15, 0.2) is 246 Å². The quantitative estimate of drug-likeness (QED) is 0.125. The Morgan fingerprint density at radius 1 is 0.364 bits per heavy atom. The fourth-order valence-corrected chi connectivity index (χ4v) is 11.6. The van der Waals surface area contributed by atoms with Gasteiger partial charge in [0.1, 0.15) is 16.7 Å². The van der Waals surface area contributed by atoms with Crippen LogP contribution in [0.4, 0.5) is 0 Å². The van der Waals surface area contributed by atoms with Gasteiger partial charge in [-0.05, 0) is 140 Å². The maximum absolute atomic E-state index is 8.21. The van der Waals surface area contributed by atoms with Crippen LogP contribution in [0.3, 0.4) is 0 Å². The van der Waals surface area contributed by atoms with Gasteiger partial charge in [-0.1, -0.05) is 205 Å². The van der Waals surface area contributed by atoms with Gasteiger partial charge in [-0.3, -0.25) is 4.98 Å². The molecule has 2 radical (unpaired) electrons. The molecule has 10 heteroatoms. The zero-order chi connectivity index (χ0) is 81.3. The summed E-state index contributed by atoms with van der Waals surface area (Å²) in [5, 5.41) is 26.1. The maximum Gasteiger partial charge on any atom is 0.144 e. The third-order valence-electron chi connectivity index (χ3n) is 15.6. The molecule has 8 nitrogen and oxygen atoms in total. The number of para-hydroxylation sites is 1. The van der Waals surface area contributed by atoms with Gasteiger partial charge in [0.15, 0.2) is 0 Å². The molecule has 0 unspecified atom stereocenters. The fourth-order valence-electron chi connectivity index (χ4n) is 11.6. The second-order valence-electron chi connectivity index (χ2n) is 24.5. The van der Waals surface area contributed by atoms with E-state index >= 15 is 0 Å². The van der Waals surface area contributed by atoms with E-state index in [-0.39, 0.29) is 69.9 Å². The number of nitrogens with zero attached hydrogens (tertiary/aromatic N) is 4. The Kier molecular flexibility index (Phi) is 18.8. The molecule has 0 aliphatic carbocycles. The van der Waals surface area contributed by atoms with Crippen molar-refractivity contribution in [3.05, 3.63) is 289 Å². The van der Waals surface area contributed by atoms with Crippen LogP contribution in [0.1, 0.15) is 104 Å². The molecule has 99 heavy (non-hydrogen) atoms. The largest absolute Gasteiger partial charge is 0.500 e. The van der Waals surface area contributed by atoms with E-state index in [4.69, 9.17) is 41.0 Å². The van der Waals surface area contributed by atoms with Gasteiger partial charge in [-0.25, -0.2) is 0 Å². The first-order chi connectivity index (χ1) is 52.9. The van der Waals surface area contributed by atoms with Crippen molar-refractivity contribution >= 4 is 87.0 Å². The van der Waals surface area contributed by atoms with Crippen molar-refractivity contribution in [2.24, 2.45) is 10.8 Å². The van der Waals surface area contributed by atoms with E-state index in [9.17, 15) is 0 Å². The standard InChI is InChI=1S/C27H19NO.C27H18NO.2C16H18N.2CH4O.CH4.2Ir/c2*1-16-14-24(28-15-17(16)2)22-12-7-13-23-25-20-10-5-3-8-18(20)19-9-4-6-11-21(19)27(25)29-26(22)23;2*1-16(2,3)11-13-9-10-15(17-12-13)14-7-5-4-6-8-14;2*1-2;;;/h3-15H,1-2H3;3-11,13-15H,1-2H3;2*4-7,9-10,12H,11H2,1-3H3;2*2H,1H3;1H4;;/q;3*-1;;;;;/i2*1D3,2D3;2*11D2;;;;;. The summed E-state index contributed by atoms with van der Waals surface area (Å²) in [6.45, 7) is 0.971. The number of benzene rings is 10. The smallest absolute Gasteiger partial charge is 0.144 e. The van der Waals surface area contributed by atoms with E-state index in [1.165, 1.54) is 12.1 Å². The molecule has 0 aliphatic rings. The SMILES string of the molecule is C.CO.CO.[2H]C([2H])([2H])c1cnc(-c2[c-]ccc3c2oc2c4ccccc4c4ccccc4c32)cc1C([2H])([2H])[2H].[2H]C([2H])([2H])c1cnc(-c2cccc3c2oc2c4ccccc4c4ccccc4c32)cc1C([2H])([2H])[2H].[2H]C([2H])(c1ccc(-c2[c-]cccc2)nc1)C(C)(C)C.[2H]C([2H])(c1ccc(-c2[c-]cccc2)nc1)C(C)(C)C.[Ir].[Ir]. The number of aliphatic hydroxyl groups excluding tert-OH is 2. The average Bonchev–Trinajstić information content (AvgIpc) is 1.58. The number of hydrogen-bond acceptors (Lipinski definition) is 8. The molecule has 16 rings (SSSR count). The van der Waals surface area contributed by atoms with Gasteiger partial charge in [-0.2, -0.15) is 0 Å². The molecular formula is C89H85Ir2N4O4-3. The van der Waals surface area contributed by atoms with Crippen LogP contribution >= 0.6 is 0 Å². The molecule has 0 atom stereocenters. The van der Waals surface area contributed by atoms with E-state index in [0.717, 1.165) is 125 Å². The maximum atomic E-state index is 8.21. The summed E-state index contributed by atoms with van der Waals surface area (Å²) < 4.78 is 140. The van der Waals surface area contributed by atoms with Crippen molar-refractivity contribution in [2.45, 2.75) is 89.1 Å². The number of furan rings is 2. The van der Waals surface area contributed by atoms with Gasteiger partial charge in [0.05, 0.1) is 11.3 Å². The second kappa shape index (κ2) is 33.5. The first-order valence-corrected chi connectivity index (χ1v) is 31.1. The number of aliphatic hydroxyl groups is 2. The Labute approximate surface area is 632 Å². The van der Waals surface area contributed by atoms with Crippen molar-refractivity contribution in [3.63, 3.8) is 0 Å². The summed E-state index contributed by atoms with van der Waals surface area (Å²) in [5.74, 6) is 0. The zero-order valence-corrected chi connectivity index (χ0v) is 60.0. The van der Waals surface area contributed by atoms with Crippen molar-refractivity contribution in [1.82, 2.24) is 19.9 Å². The molecular weight excluding hydrogens is 1570 g/mol. The summed E-state index contributed by atoms with van der Waals surface area (Å²) in [6, 6.07) is 76.5. The number of pyridine rings is 4. The Morgan fingerprint density at radius 3 is 1.17 bits per heavy atom. The Bertz CT molecular complexity index is 5670. The van der Waals surface area contributed by atoms with E-state index in [0.29, 0.717) is 44.8 Å². The fraction of sp³-hybridized carbons (Fsp3) is 0.191. The predicted octanol–water partition coefficient (Wildman–Crippen LogP) is 23.1. The number of hydrogen-bond donors (Lipinski definition) is 2. The molecule has 2 N–H and O–H groups in total. The van der Waals surface area contributed by atoms with Gasteiger partial charge < -0.3 is 34.0 Å². The molecule has 6 aromatic heterocycles. The van der Waals surface area contributed by atoms with Crippen molar-refractivity contribution in [3.8, 4) is 45.0 Å². The van der Waals surface area contributed by atoms with Crippen LogP contribution in [-0.2, 0) is 53.0 Å². The van der Waals surface area contributed by atoms with Crippen LogP contribution in [0.5, 0.6) is 0 Å². The van der Waals surface area contributed by atoms with Crippen molar-refractivity contribution < 1.29 is 81.2 Å². The summed E-state index contributed by atoms with van der Waals surface area (Å²) in [4.78, 5) is 17.4. The number of fused-ring (bicyclic) bond motifs is 16. The summed E-state index contributed by atoms with van der Waals surface area (Å²) in [6.07, 6.45) is 2.72. The van der Waals surface area contributed by atoms with Crippen molar-refractivity contribution in [1.29, 1.82) is 0 Å². The van der Waals surface area contributed by atoms with E-state index in [1.807, 2.05) is 199 Å². The van der Waals surface area contributed by atoms with Crippen LogP contribution in [0.2, 0.25) is 0 Å². The monoisotopic (exact) mass is 1680 g/mol. The minimum atomic E-state index is -2.62. The van der Waals surface area contributed by atoms with E-state index in [2.05, 4.69) is 74.5 Å². The first kappa shape index (κ1) is 55.5. The third kappa shape index (κ3) is 16.9. The van der Waals surface area contributed by atoms with Crippen LogP contribution in [-0.4, -0.2) is 44.4 Å². The summed E-state index contributed by atoms with van der Waals surface area (Å²) >= 11 is 0. The topological polar surface area (TPSA) is 118 Å². The third-order valence-corrected chi connectivity index (χ3v) is 15.6. The second-order valence-corrected chi connectivity index (χ2v) is 24.5. The van der Waals surface area contributed by atoms with Crippen LogP contribution in [0, 0.1) is 56.4 Å². The van der Waals surface area contributed by atoms with Gasteiger partial charge in [0.25, 0.3) is 0 Å². The van der Waals surface area contributed by atoms with Crippen molar-refractivity contribution in [2.75, 3.05) is 14.2 Å². The number of aryl methyl sites for hydroxylation is 4. The Balaban J connectivity index is 0.000000194. The zero-order valence-electron chi connectivity index (χ0n) is 71.2. The van der Waals surface area contributed by atoms with E-state index in [1.54, 1.807) is 18.5 Å². The van der Waals surface area contributed by atoms with Gasteiger partial charge >= 0.3 is 0 Å². The Hall–Kier alpha value is -9.34. The molecule has 0 saturated carbocycles. The normalized spacial score (nSPS) is 14.2. The Morgan fingerprint density at radius 2 is 0.747 bits per heavy atom. The molecule has 0 amide bonds. The van der Waals surface area contributed by atoms with Crippen LogP contribution < -0.4 is 0 Å². The van der Waals surface area contributed by atoms with Gasteiger partial charge in [-0.15, -0.1) is 90.0 Å². The summed E-state index contributed by atoms with van der Waals surface area (Å²) in [5.41, 5.74) is 7.04. The molecule has 506 valence electrons. The molecule has 0 bridgehead atoms. The molecule has 0 aliphatic heterocycles. The first-order valence-electron chi connectivity index (χ1n) is 39.1. The van der Waals surface area contributed by atoms with Crippen LogP contribution in [0.25, 0.3) is 132 Å². The predicted molar refractivity (Wildman–Crippen MR) is 408 cm³/mol. The number of aromatic nitrogens is 4. The van der Waals surface area contributed by atoms with E-state index < -0.39 is 51.0 Å². The molecule has 0 spiro atoms.